The maximum atomic E-state index is 9.59. The Morgan fingerprint density at radius 2 is 2.22 bits per heavy atom. The largest absolute Gasteiger partial charge is 0.383 e. The van der Waals surface area contributed by atoms with Gasteiger partial charge in [-0.25, -0.2) is 9.98 Å². The predicted molar refractivity (Wildman–Crippen MR) is 70.5 cm³/mol. The van der Waals surface area contributed by atoms with Crippen LogP contribution in [0.15, 0.2) is 23.5 Å². The van der Waals surface area contributed by atoms with Crippen LogP contribution in [0.1, 0.15) is 25.5 Å². The summed E-state index contributed by atoms with van der Waals surface area (Å²) in [4.78, 5) is 8.28. The van der Waals surface area contributed by atoms with Gasteiger partial charge in [0, 0.05) is 11.6 Å². The first kappa shape index (κ1) is 11.0. The van der Waals surface area contributed by atoms with Crippen molar-refractivity contribution >= 4 is 22.6 Å². The average molecular weight is 245 g/mol. The molecule has 0 aliphatic carbocycles. The lowest BCUT2D eigenvalue weighted by Gasteiger charge is -2.20. The Morgan fingerprint density at radius 3 is 2.94 bits per heavy atom. The summed E-state index contributed by atoms with van der Waals surface area (Å²) in [6.45, 7) is 4.19. The fourth-order valence-electron chi connectivity index (χ4n) is 2.24. The molecule has 18 heavy (non-hydrogen) atoms. The van der Waals surface area contributed by atoms with Gasteiger partial charge in [-0.3, -0.25) is 0 Å². The molecule has 1 aliphatic heterocycles. The lowest BCUT2D eigenvalue weighted by molar-refractivity contribution is 0.213. The average Bonchev–Trinajstić information content (AvgIpc) is 2.72. The van der Waals surface area contributed by atoms with Gasteiger partial charge >= 0.3 is 0 Å². The zero-order chi connectivity index (χ0) is 12.9. The summed E-state index contributed by atoms with van der Waals surface area (Å²) in [5, 5.41) is 12.5. The van der Waals surface area contributed by atoms with E-state index in [4.69, 9.17) is 5.73 Å². The van der Waals surface area contributed by atoms with E-state index in [0.717, 1.165) is 22.3 Å². The lowest BCUT2D eigenvalue weighted by atomic mass is 10.1. The number of imidazole rings is 1. The molecule has 0 radical (unpaired) electrons. The predicted octanol–water partition coefficient (Wildman–Crippen LogP) is 1.02. The molecule has 4 N–H and O–H groups in total. The van der Waals surface area contributed by atoms with E-state index in [2.05, 4.69) is 33.7 Å². The van der Waals surface area contributed by atoms with Crippen molar-refractivity contribution in [2.24, 2.45) is 10.7 Å². The summed E-state index contributed by atoms with van der Waals surface area (Å²) < 4.78 is 2.08. The molecular formula is C12H15N5O. The van der Waals surface area contributed by atoms with Crippen LogP contribution in [0.25, 0.3) is 11.0 Å². The van der Waals surface area contributed by atoms with Crippen molar-refractivity contribution < 1.29 is 5.11 Å². The van der Waals surface area contributed by atoms with E-state index in [9.17, 15) is 5.11 Å². The summed E-state index contributed by atoms with van der Waals surface area (Å²) in [6, 6.07) is 4.20. The number of hydrogen-bond acceptors (Lipinski definition) is 5. The van der Waals surface area contributed by atoms with Crippen molar-refractivity contribution in [2.75, 3.05) is 5.32 Å². The SMILES string of the molecule is CC(C)n1cnc2c3c(ccc21)C(N)=NC(O)N3. The number of fused-ring (bicyclic) bond motifs is 3. The number of nitrogens with two attached hydrogens (primary N) is 1. The topological polar surface area (TPSA) is 88.5 Å². The number of rotatable bonds is 1. The van der Waals surface area contributed by atoms with Gasteiger partial charge in [-0.1, -0.05) is 0 Å². The number of aromatic nitrogens is 2. The molecule has 1 unspecified atom stereocenters. The van der Waals surface area contributed by atoms with E-state index >= 15 is 0 Å². The maximum absolute atomic E-state index is 9.59. The third kappa shape index (κ3) is 1.46. The standard InChI is InChI=1S/C12H15N5O/c1-6(2)17-5-14-10-8(17)4-3-7-9(10)15-12(18)16-11(7)13/h3-6,12,15,18H,1-2H3,(H2,13,16). The molecule has 94 valence electrons. The molecule has 0 spiro atoms. The summed E-state index contributed by atoms with van der Waals surface area (Å²) in [5.74, 6) is 0.331. The Morgan fingerprint density at radius 1 is 1.44 bits per heavy atom. The van der Waals surface area contributed by atoms with Crippen molar-refractivity contribution in [1.82, 2.24) is 9.55 Å². The Labute approximate surface area is 104 Å². The first-order chi connectivity index (χ1) is 8.58. The molecule has 0 amide bonds. The number of aliphatic imine (C=N–C) groups is 1. The van der Waals surface area contributed by atoms with Crippen molar-refractivity contribution in [2.45, 2.75) is 26.2 Å². The van der Waals surface area contributed by atoms with Crippen molar-refractivity contribution in [3.63, 3.8) is 0 Å². The molecule has 6 nitrogen and oxygen atoms in total. The number of benzene rings is 1. The second kappa shape index (κ2) is 3.71. The molecule has 6 heteroatoms. The Balaban J connectivity index is 2.28. The van der Waals surface area contributed by atoms with Gasteiger partial charge in [0.1, 0.15) is 11.4 Å². The van der Waals surface area contributed by atoms with Gasteiger partial charge in [-0.05, 0) is 26.0 Å². The quantitative estimate of drug-likeness (QED) is 0.700. The Bertz CT molecular complexity index is 643. The van der Waals surface area contributed by atoms with E-state index in [-0.39, 0.29) is 0 Å². The molecule has 0 bridgehead atoms. The van der Waals surface area contributed by atoms with E-state index < -0.39 is 6.35 Å². The van der Waals surface area contributed by atoms with E-state index in [1.54, 1.807) is 6.33 Å². The summed E-state index contributed by atoms with van der Waals surface area (Å²) in [6.07, 6.45) is 0.790. The van der Waals surface area contributed by atoms with Crippen molar-refractivity contribution in [3.05, 3.63) is 24.0 Å². The van der Waals surface area contributed by atoms with Crippen LogP contribution >= 0.6 is 0 Å². The Kier molecular flexibility index (Phi) is 2.27. The number of hydrogen-bond donors (Lipinski definition) is 3. The fraction of sp³-hybridized carbons (Fsp3) is 0.333. The number of nitrogens with one attached hydrogen (secondary N) is 1. The van der Waals surface area contributed by atoms with Crippen LogP contribution < -0.4 is 11.1 Å². The van der Waals surface area contributed by atoms with E-state index in [1.165, 1.54) is 0 Å². The zero-order valence-corrected chi connectivity index (χ0v) is 10.3. The van der Waals surface area contributed by atoms with Gasteiger partial charge in [0.05, 0.1) is 17.5 Å². The second-order valence-corrected chi connectivity index (χ2v) is 4.63. The smallest absolute Gasteiger partial charge is 0.225 e. The molecule has 2 heterocycles. The minimum Gasteiger partial charge on any atom is -0.383 e. The normalized spacial score (nSPS) is 18.7. The minimum absolute atomic E-state index is 0.326. The van der Waals surface area contributed by atoms with Gasteiger partial charge in [-0.15, -0.1) is 0 Å². The van der Waals surface area contributed by atoms with Crippen LogP contribution in [0.3, 0.4) is 0 Å². The number of aliphatic hydroxyl groups excluding tert-OH is 1. The maximum Gasteiger partial charge on any atom is 0.225 e. The Hall–Kier alpha value is -2.08. The highest BCUT2D eigenvalue weighted by Gasteiger charge is 2.21. The third-order valence-corrected chi connectivity index (χ3v) is 3.11. The second-order valence-electron chi connectivity index (χ2n) is 4.63. The van der Waals surface area contributed by atoms with Gasteiger partial charge in [0.2, 0.25) is 6.35 Å². The number of aliphatic hydroxyl groups is 1. The molecule has 2 aromatic rings. The highest BCUT2D eigenvalue weighted by molar-refractivity contribution is 6.09. The number of nitrogens with zero attached hydrogens (tertiary/aromatic N) is 3. The van der Waals surface area contributed by atoms with Crippen LogP contribution in [0.2, 0.25) is 0 Å². The fourth-order valence-corrected chi connectivity index (χ4v) is 2.24. The van der Waals surface area contributed by atoms with Crippen molar-refractivity contribution in [1.29, 1.82) is 0 Å². The molecule has 1 aromatic heterocycles. The van der Waals surface area contributed by atoms with Gasteiger partial charge < -0.3 is 20.7 Å². The minimum atomic E-state index is -1.01. The first-order valence-corrected chi connectivity index (χ1v) is 5.85. The van der Waals surface area contributed by atoms with Crippen LogP contribution in [-0.4, -0.2) is 26.8 Å². The summed E-state index contributed by atoms with van der Waals surface area (Å²) in [5.41, 5.74) is 9.15. The number of anilines is 1. The molecule has 0 saturated carbocycles. The van der Waals surface area contributed by atoms with Crippen LogP contribution in [0.4, 0.5) is 5.69 Å². The highest BCUT2D eigenvalue weighted by atomic mass is 16.3. The van der Waals surface area contributed by atoms with Crippen LogP contribution in [-0.2, 0) is 0 Å². The molecule has 1 aliphatic rings. The van der Waals surface area contributed by atoms with Gasteiger partial charge in [0.15, 0.2) is 0 Å². The highest BCUT2D eigenvalue weighted by Crippen LogP contribution is 2.30. The van der Waals surface area contributed by atoms with Crippen LogP contribution in [0, 0.1) is 0 Å². The van der Waals surface area contributed by atoms with E-state index in [1.807, 2.05) is 12.1 Å². The van der Waals surface area contributed by atoms with Gasteiger partial charge in [-0.2, -0.15) is 0 Å². The molecule has 0 saturated heterocycles. The van der Waals surface area contributed by atoms with Crippen LogP contribution in [0.5, 0.6) is 0 Å². The van der Waals surface area contributed by atoms with E-state index in [0.29, 0.717) is 11.9 Å². The lowest BCUT2D eigenvalue weighted by Crippen LogP contribution is -2.29. The molecule has 1 aromatic carbocycles. The summed E-state index contributed by atoms with van der Waals surface area (Å²) in [7, 11) is 0. The third-order valence-electron chi connectivity index (χ3n) is 3.11. The number of amidine groups is 1. The first-order valence-electron chi connectivity index (χ1n) is 5.85. The molecule has 1 atom stereocenters. The molecule has 0 fully saturated rings. The van der Waals surface area contributed by atoms with Gasteiger partial charge in [0.25, 0.3) is 0 Å². The monoisotopic (exact) mass is 245 g/mol. The summed E-state index contributed by atoms with van der Waals surface area (Å²) >= 11 is 0. The zero-order valence-electron chi connectivity index (χ0n) is 10.3. The molecular weight excluding hydrogens is 230 g/mol. The molecule has 3 rings (SSSR count). The van der Waals surface area contributed by atoms with Crippen molar-refractivity contribution in [3.8, 4) is 0 Å².